The lowest BCUT2D eigenvalue weighted by Gasteiger charge is -2.12. The molecular formula is C12H16FN5O4. The van der Waals surface area contributed by atoms with Crippen LogP contribution in [0.25, 0.3) is 5.65 Å². The van der Waals surface area contributed by atoms with Gasteiger partial charge in [0, 0.05) is 0 Å². The zero-order valence-electron chi connectivity index (χ0n) is 11.8. The summed E-state index contributed by atoms with van der Waals surface area (Å²) in [5, 5.41) is 22.8. The number of anilines is 1. The summed E-state index contributed by atoms with van der Waals surface area (Å²) in [5.41, 5.74) is 6.15. The van der Waals surface area contributed by atoms with E-state index >= 15 is 0 Å². The summed E-state index contributed by atoms with van der Waals surface area (Å²) < 4.78 is 26.2. The van der Waals surface area contributed by atoms with Gasteiger partial charge in [0.05, 0.1) is 25.1 Å². The fourth-order valence-electron chi connectivity index (χ4n) is 2.43. The Balaban J connectivity index is 2.05. The van der Waals surface area contributed by atoms with Gasteiger partial charge < -0.3 is 25.4 Å². The lowest BCUT2D eigenvalue weighted by Crippen LogP contribution is -2.30. The summed E-state index contributed by atoms with van der Waals surface area (Å²) in [6.45, 7) is 1.64. The van der Waals surface area contributed by atoms with Crippen LogP contribution in [-0.2, 0) is 4.74 Å². The van der Waals surface area contributed by atoms with E-state index in [1.807, 2.05) is 0 Å². The lowest BCUT2D eigenvalue weighted by molar-refractivity contribution is -0.0241. The maximum absolute atomic E-state index is 14.2. The van der Waals surface area contributed by atoms with Crippen LogP contribution in [0.1, 0.15) is 18.7 Å². The fraction of sp³-hybridized carbons (Fsp3) is 0.583. The summed E-state index contributed by atoms with van der Waals surface area (Å²) in [6, 6.07) is 0. The lowest BCUT2D eigenvalue weighted by atomic mass is 10.1. The van der Waals surface area contributed by atoms with Gasteiger partial charge in [-0.15, -0.1) is 5.10 Å². The van der Waals surface area contributed by atoms with Crippen LogP contribution in [0.4, 0.5) is 10.3 Å². The largest absolute Gasteiger partial charge is 0.475 e. The van der Waals surface area contributed by atoms with Gasteiger partial charge in [-0.05, 0) is 6.92 Å². The van der Waals surface area contributed by atoms with Crippen molar-refractivity contribution in [2.24, 2.45) is 0 Å². The summed E-state index contributed by atoms with van der Waals surface area (Å²) in [7, 11) is 0. The van der Waals surface area contributed by atoms with Crippen molar-refractivity contribution in [2.45, 2.75) is 31.4 Å². The average molecular weight is 313 g/mol. The average Bonchev–Trinajstić information content (AvgIpc) is 3.02. The number of ether oxygens (including phenoxy) is 2. The molecule has 1 aliphatic heterocycles. The Kier molecular flexibility index (Phi) is 3.81. The first-order valence-electron chi connectivity index (χ1n) is 6.79. The van der Waals surface area contributed by atoms with Crippen molar-refractivity contribution < 1.29 is 24.1 Å². The summed E-state index contributed by atoms with van der Waals surface area (Å²) >= 11 is 0. The summed E-state index contributed by atoms with van der Waals surface area (Å²) in [5.74, 6) is 0.108. The third-order valence-corrected chi connectivity index (χ3v) is 3.44. The molecule has 2 aromatic rings. The van der Waals surface area contributed by atoms with Crippen LogP contribution < -0.4 is 10.5 Å². The second kappa shape index (κ2) is 5.63. The molecule has 3 heterocycles. The molecule has 0 amide bonds. The number of aliphatic hydroxyl groups is 2. The predicted molar refractivity (Wildman–Crippen MR) is 72.0 cm³/mol. The van der Waals surface area contributed by atoms with E-state index in [1.165, 1.54) is 10.7 Å². The van der Waals surface area contributed by atoms with E-state index in [0.29, 0.717) is 6.61 Å². The minimum atomic E-state index is -1.72. The first-order chi connectivity index (χ1) is 10.6. The minimum absolute atomic E-state index is 0.0668. The first kappa shape index (κ1) is 14.9. The molecule has 3 rings (SSSR count). The molecule has 2 aromatic heterocycles. The van der Waals surface area contributed by atoms with Gasteiger partial charge in [0.2, 0.25) is 11.6 Å². The highest BCUT2D eigenvalue weighted by atomic mass is 19.1. The topological polar surface area (TPSA) is 128 Å². The molecule has 0 aromatic carbocycles. The highest BCUT2D eigenvalue weighted by Crippen LogP contribution is 2.36. The molecule has 4 N–H and O–H groups in total. The van der Waals surface area contributed by atoms with Crippen LogP contribution in [0.2, 0.25) is 0 Å². The minimum Gasteiger partial charge on any atom is -0.475 e. The zero-order chi connectivity index (χ0) is 15.9. The van der Waals surface area contributed by atoms with Crippen molar-refractivity contribution in [1.29, 1.82) is 0 Å². The van der Waals surface area contributed by atoms with Gasteiger partial charge in [-0.2, -0.15) is 4.98 Å². The smallest absolute Gasteiger partial charge is 0.263 e. The van der Waals surface area contributed by atoms with Gasteiger partial charge in [-0.25, -0.2) is 13.9 Å². The molecular weight excluding hydrogens is 297 g/mol. The molecule has 22 heavy (non-hydrogen) atoms. The number of rotatable bonds is 4. The molecule has 0 aliphatic carbocycles. The van der Waals surface area contributed by atoms with E-state index in [1.54, 1.807) is 6.92 Å². The Morgan fingerprint density at radius 1 is 1.55 bits per heavy atom. The summed E-state index contributed by atoms with van der Waals surface area (Å²) in [4.78, 5) is 8.03. The van der Waals surface area contributed by atoms with Gasteiger partial charge >= 0.3 is 0 Å². The molecule has 120 valence electrons. The molecule has 0 spiro atoms. The van der Waals surface area contributed by atoms with Gasteiger partial charge in [-0.3, -0.25) is 0 Å². The zero-order valence-corrected chi connectivity index (χ0v) is 11.8. The predicted octanol–water partition coefficient (Wildman–Crippen LogP) is -0.764. The Hall–Kier alpha value is -2.04. The van der Waals surface area contributed by atoms with Crippen LogP contribution in [0.5, 0.6) is 5.88 Å². The van der Waals surface area contributed by atoms with Crippen LogP contribution in [0.15, 0.2) is 6.20 Å². The molecule has 0 radical (unpaired) electrons. The SMILES string of the molecule is CCOc1nc(N)nn2c(C3O[C@H](CO)[C@@H](O)[C@H]3F)cnc12. The number of halogens is 1. The molecule has 1 fully saturated rings. The number of nitrogen functional groups attached to an aromatic ring is 1. The normalized spacial score (nSPS) is 28.4. The van der Waals surface area contributed by atoms with Crippen LogP contribution >= 0.6 is 0 Å². The molecule has 1 aliphatic rings. The van der Waals surface area contributed by atoms with Gasteiger partial charge in [0.15, 0.2) is 6.17 Å². The number of hydrogen-bond donors (Lipinski definition) is 3. The first-order valence-corrected chi connectivity index (χ1v) is 6.79. The molecule has 10 heteroatoms. The van der Waals surface area contributed by atoms with Gasteiger partial charge in [0.25, 0.3) is 5.88 Å². The molecule has 0 saturated carbocycles. The van der Waals surface area contributed by atoms with Crippen LogP contribution in [0.3, 0.4) is 0 Å². The molecule has 1 saturated heterocycles. The number of aliphatic hydroxyl groups excluding tert-OH is 2. The Labute approximate surface area is 124 Å². The van der Waals surface area contributed by atoms with Gasteiger partial charge in [-0.1, -0.05) is 0 Å². The van der Waals surface area contributed by atoms with Gasteiger partial charge in [0.1, 0.15) is 18.3 Å². The van der Waals surface area contributed by atoms with Crippen molar-refractivity contribution in [3.05, 3.63) is 11.9 Å². The van der Waals surface area contributed by atoms with Crippen LogP contribution in [0, 0.1) is 0 Å². The van der Waals surface area contributed by atoms with E-state index in [2.05, 4.69) is 15.1 Å². The molecule has 0 bridgehead atoms. The second-order valence-corrected chi connectivity index (χ2v) is 4.84. The number of aromatic nitrogens is 4. The molecule has 1 unspecified atom stereocenters. The molecule has 4 atom stereocenters. The van der Waals surface area contributed by atoms with E-state index in [4.69, 9.17) is 20.3 Å². The number of imidazole rings is 1. The van der Waals surface area contributed by atoms with Crippen molar-refractivity contribution in [3.8, 4) is 5.88 Å². The Bertz CT molecular complexity index is 681. The Morgan fingerprint density at radius 3 is 2.95 bits per heavy atom. The van der Waals surface area contributed by atoms with E-state index in [0.717, 1.165) is 0 Å². The number of fused-ring (bicyclic) bond motifs is 1. The number of nitrogens with two attached hydrogens (primary N) is 1. The Morgan fingerprint density at radius 2 is 2.32 bits per heavy atom. The quantitative estimate of drug-likeness (QED) is 0.672. The second-order valence-electron chi connectivity index (χ2n) is 4.84. The fourth-order valence-corrected chi connectivity index (χ4v) is 2.43. The van der Waals surface area contributed by atoms with Crippen molar-refractivity contribution in [2.75, 3.05) is 18.9 Å². The third kappa shape index (κ3) is 2.25. The van der Waals surface area contributed by atoms with E-state index < -0.39 is 31.1 Å². The maximum atomic E-state index is 14.2. The third-order valence-electron chi connectivity index (χ3n) is 3.44. The highest BCUT2D eigenvalue weighted by Gasteiger charge is 2.46. The monoisotopic (exact) mass is 313 g/mol. The number of alkyl halides is 1. The molecule has 9 nitrogen and oxygen atoms in total. The highest BCUT2D eigenvalue weighted by molar-refractivity contribution is 5.51. The standard InChI is InChI=1S/C12H16FN5O4/c1-2-21-11-10-15-3-5(18(10)17-12(14)16-11)9-7(13)8(20)6(4-19)22-9/h3,6-9,19-20H,2,4H2,1H3,(H2,14,17)/t6-,7-,8-,9?/m1/s1. The summed E-state index contributed by atoms with van der Waals surface area (Å²) in [6.07, 6.45) is -3.91. The van der Waals surface area contributed by atoms with Crippen molar-refractivity contribution in [3.63, 3.8) is 0 Å². The van der Waals surface area contributed by atoms with E-state index in [9.17, 15) is 9.50 Å². The van der Waals surface area contributed by atoms with Crippen molar-refractivity contribution >= 4 is 11.6 Å². The number of hydrogen-bond acceptors (Lipinski definition) is 8. The van der Waals surface area contributed by atoms with Crippen molar-refractivity contribution in [1.82, 2.24) is 19.6 Å². The van der Waals surface area contributed by atoms with E-state index in [-0.39, 0.29) is 23.2 Å². The number of nitrogens with zero attached hydrogens (tertiary/aromatic N) is 4. The van der Waals surface area contributed by atoms with Crippen LogP contribution in [-0.4, -0.2) is 61.4 Å². The maximum Gasteiger partial charge on any atom is 0.263 e.